The Labute approximate surface area is 230 Å². The molecule has 1 aliphatic heterocycles. The summed E-state index contributed by atoms with van der Waals surface area (Å²) in [6.07, 6.45) is 9.96. The molecule has 1 aromatic rings. The maximum atomic E-state index is 11.2. The average Bonchev–Trinajstić information content (AvgIpc) is 3.22. The lowest BCUT2D eigenvalue weighted by molar-refractivity contribution is 0.146. The highest BCUT2D eigenvalue weighted by molar-refractivity contribution is 6.43. The summed E-state index contributed by atoms with van der Waals surface area (Å²) in [5.41, 5.74) is 1.76. The van der Waals surface area contributed by atoms with Crippen LogP contribution >= 0.6 is 0 Å². The zero-order valence-electron chi connectivity index (χ0n) is 23.2. The number of hydrogen-bond donors (Lipinski definition) is 4. The van der Waals surface area contributed by atoms with Crippen molar-refractivity contribution in [2.24, 2.45) is 26.8 Å². The molecule has 4 N–H and O–H groups in total. The van der Waals surface area contributed by atoms with Crippen LogP contribution in [0.15, 0.2) is 57.2 Å². The Morgan fingerprint density at radius 1 is 1.21 bits per heavy atom. The number of nitrogens with one attached hydrogen (secondary N) is 3. The minimum absolute atomic E-state index is 0.0402. The molecule has 0 spiro atoms. The topological polar surface area (TPSA) is 135 Å². The molecular formula is C29H41N7O3. The SMILES string of the molecule is C\N=C(/N=C1/N=C(C(OC)c2ccccc2)N(CC2CCCCC2)/C1=C\N[C@H](C)C1CCC1)C(=N)NC(=O)O. The molecule has 10 nitrogen and oxygen atoms in total. The van der Waals surface area contributed by atoms with Crippen LogP contribution in [0.3, 0.4) is 0 Å². The number of hydrogen-bond acceptors (Lipinski definition) is 6. The van der Waals surface area contributed by atoms with E-state index in [4.69, 9.17) is 20.2 Å². The quantitative estimate of drug-likeness (QED) is 0.276. The molecule has 0 bridgehead atoms. The Kier molecular flexibility index (Phi) is 9.86. The van der Waals surface area contributed by atoms with E-state index in [1.165, 1.54) is 45.6 Å². The fraction of sp³-hybridized carbons (Fsp3) is 0.552. The van der Waals surface area contributed by atoms with E-state index in [2.05, 4.69) is 32.4 Å². The van der Waals surface area contributed by atoms with Gasteiger partial charge in [0.25, 0.3) is 0 Å². The molecule has 1 heterocycles. The highest BCUT2D eigenvalue weighted by atomic mass is 16.5. The Morgan fingerprint density at radius 2 is 1.92 bits per heavy atom. The molecule has 210 valence electrons. The molecule has 4 rings (SSSR count). The lowest BCUT2D eigenvalue weighted by Gasteiger charge is -2.33. The number of nitrogens with zero attached hydrogens (tertiary/aromatic N) is 4. The number of carboxylic acid groups (broad SMARTS) is 1. The molecule has 3 aliphatic rings. The van der Waals surface area contributed by atoms with Crippen LogP contribution in [-0.4, -0.2) is 66.2 Å². The van der Waals surface area contributed by atoms with Gasteiger partial charge in [-0.2, -0.15) is 0 Å². The van der Waals surface area contributed by atoms with Crippen LogP contribution in [0.1, 0.15) is 70.0 Å². The monoisotopic (exact) mass is 535 g/mol. The molecule has 1 unspecified atom stereocenters. The van der Waals surface area contributed by atoms with Gasteiger partial charge in [0.05, 0.1) is 0 Å². The largest absolute Gasteiger partial charge is 0.465 e. The zero-order valence-corrected chi connectivity index (χ0v) is 23.2. The lowest BCUT2D eigenvalue weighted by atomic mass is 9.80. The molecule has 0 radical (unpaired) electrons. The first kappa shape index (κ1) is 28.5. The van der Waals surface area contributed by atoms with E-state index in [-0.39, 0.29) is 5.84 Å². The molecule has 0 saturated heterocycles. The van der Waals surface area contributed by atoms with Gasteiger partial charge in [-0.05, 0) is 50.0 Å². The van der Waals surface area contributed by atoms with E-state index >= 15 is 0 Å². The van der Waals surface area contributed by atoms with Gasteiger partial charge in [-0.1, -0.05) is 56.0 Å². The Hall–Kier alpha value is -3.53. The first-order valence-corrected chi connectivity index (χ1v) is 14.0. The number of carbonyl (C=O) groups is 1. The Morgan fingerprint density at radius 3 is 2.51 bits per heavy atom. The summed E-state index contributed by atoms with van der Waals surface area (Å²) < 4.78 is 6.02. The summed E-state index contributed by atoms with van der Waals surface area (Å²) in [6.45, 7) is 2.98. The number of amidine groups is 4. The van der Waals surface area contributed by atoms with Crippen molar-refractivity contribution in [1.82, 2.24) is 15.5 Å². The van der Waals surface area contributed by atoms with E-state index in [0.717, 1.165) is 36.5 Å². The third kappa shape index (κ3) is 7.11. The van der Waals surface area contributed by atoms with Crippen LogP contribution in [0.2, 0.25) is 0 Å². The van der Waals surface area contributed by atoms with Gasteiger partial charge < -0.3 is 20.1 Å². The lowest BCUT2D eigenvalue weighted by Crippen LogP contribution is -2.39. The van der Waals surface area contributed by atoms with Gasteiger partial charge in [0.2, 0.25) is 0 Å². The number of ether oxygens (including phenoxy) is 1. The Balaban J connectivity index is 1.76. The van der Waals surface area contributed by atoms with Gasteiger partial charge in [0.15, 0.2) is 17.5 Å². The van der Waals surface area contributed by atoms with Crippen LogP contribution in [0.5, 0.6) is 0 Å². The molecule has 1 amide bonds. The molecule has 2 aliphatic carbocycles. The molecule has 0 aromatic heterocycles. The molecule has 10 heteroatoms. The first-order chi connectivity index (χ1) is 18.9. The smallest absolute Gasteiger partial charge is 0.410 e. The maximum absolute atomic E-state index is 11.2. The minimum atomic E-state index is -1.34. The van der Waals surface area contributed by atoms with Crippen LogP contribution in [0.25, 0.3) is 0 Å². The van der Waals surface area contributed by atoms with Gasteiger partial charge in [0, 0.05) is 32.9 Å². The molecule has 1 aromatic carbocycles. The molecule has 39 heavy (non-hydrogen) atoms. The van der Waals surface area contributed by atoms with Crippen molar-refractivity contribution in [3.63, 3.8) is 0 Å². The van der Waals surface area contributed by atoms with Crippen molar-refractivity contribution in [2.45, 2.75) is 70.4 Å². The van der Waals surface area contributed by atoms with Gasteiger partial charge in [-0.15, -0.1) is 0 Å². The van der Waals surface area contributed by atoms with Crippen LogP contribution in [0.4, 0.5) is 4.79 Å². The number of rotatable bonds is 8. The Bertz CT molecular complexity index is 1130. The summed E-state index contributed by atoms with van der Waals surface area (Å²) in [4.78, 5) is 27.1. The summed E-state index contributed by atoms with van der Waals surface area (Å²) in [5.74, 6) is 1.81. The van der Waals surface area contributed by atoms with Crippen LogP contribution in [0, 0.1) is 17.2 Å². The van der Waals surface area contributed by atoms with Gasteiger partial charge in [-0.25, -0.2) is 14.8 Å². The second-order valence-electron chi connectivity index (χ2n) is 10.6. The molecular weight excluding hydrogens is 494 g/mol. The summed E-state index contributed by atoms with van der Waals surface area (Å²) >= 11 is 0. The molecule has 2 fully saturated rings. The highest BCUT2D eigenvalue weighted by Crippen LogP contribution is 2.33. The molecule has 2 saturated carbocycles. The van der Waals surface area contributed by atoms with Gasteiger partial charge in [0.1, 0.15) is 17.6 Å². The van der Waals surface area contributed by atoms with Crippen molar-refractivity contribution in [3.8, 4) is 0 Å². The maximum Gasteiger partial charge on any atom is 0.410 e. The van der Waals surface area contributed by atoms with Crippen molar-refractivity contribution < 1.29 is 14.6 Å². The summed E-state index contributed by atoms with van der Waals surface area (Å²) in [6, 6.07) is 10.3. The van der Waals surface area contributed by atoms with Crippen molar-refractivity contribution in [2.75, 3.05) is 20.7 Å². The predicted molar refractivity (Wildman–Crippen MR) is 155 cm³/mol. The van der Waals surface area contributed by atoms with E-state index in [1.807, 2.05) is 36.5 Å². The van der Waals surface area contributed by atoms with E-state index in [1.54, 1.807) is 7.11 Å². The number of benzene rings is 1. The number of amides is 1. The van der Waals surface area contributed by atoms with E-state index in [0.29, 0.717) is 23.7 Å². The van der Waals surface area contributed by atoms with Crippen LogP contribution < -0.4 is 10.6 Å². The number of methoxy groups -OCH3 is 1. The average molecular weight is 536 g/mol. The summed E-state index contributed by atoms with van der Waals surface area (Å²) in [5, 5.41) is 23.0. The van der Waals surface area contributed by atoms with E-state index in [9.17, 15) is 4.79 Å². The molecule has 2 atom stereocenters. The summed E-state index contributed by atoms with van der Waals surface area (Å²) in [7, 11) is 3.17. The number of aliphatic imine (C=N–C) groups is 3. The second-order valence-corrected chi connectivity index (χ2v) is 10.6. The fourth-order valence-electron chi connectivity index (χ4n) is 5.50. The van der Waals surface area contributed by atoms with Crippen molar-refractivity contribution in [1.29, 1.82) is 5.41 Å². The second kappa shape index (κ2) is 13.5. The third-order valence-corrected chi connectivity index (χ3v) is 7.97. The zero-order chi connectivity index (χ0) is 27.8. The highest BCUT2D eigenvalue weighted by Gasteiger charge is 2.36. The van der Waals surface area contributed by atoms with Crippen molar-refractivity contribution >= 4 is 29.4 Å². The first-order valence-electron chi connectivity index (χ1n) is 14.0. The van der Waals surface area contributed by atoms with Crippen LogP contribution in [-0.2, 0) is 4.74 Å². The standard InChI is InChI=1S/C29H41N7O3/c1-19(21-15-10-16-21)32-17-23-26(34-27(31-2)25(30)33-29(37)38)35-28(24(39-3)22-13-8-5-9-14-22)36(23)18-20-11-6-4-7-12-20/h5,8-9,13-14,17,19-21,24,32H,4,6-7,10-12,15-16,18H2,1-3H3,(H2,30,33)(H,37,38)/b23-17-,31-27-,34-26+/t19-,24?/m1/s1. The fourth-order valence-corrected chi connectivity index (χ4v) is 5.50. The van der Waals surface area contributed by atoms with Gasteiger partial charge in [-0.3, -0.25) is 15.7 Å². The van der Waals surface area contributed by atoms with Gasteiger partial charge >= 0.3 is 6.09 Å². The minimum Gasteiger partial charge on any atom is -0.465 e. The normalized spacial score (nSPS) is 22.4. The third-order valence-electron chi connectivity index (χ3n) is 7.97. The van der Waals surface area contributed by atoms with Crippen molar-refractivity contribution in [3.05, 3.63) is 47.8 Å². The van der Waals surface area contributed by atoms with E-state index < -0.39 is 18.0 Å². The predicted octanol–water partition coefficient (Wildman–Crippen LogP) is 4.96.